The van der Waals surface area contributed by atoms with Crippen LogP contribution in [0.2, 0.25) is 4.47 Å². The van der Waals surface area contributed by atoms with Gasteiger partial charge in [0.2, 0.25) is 10.4 Å². The van der Waals surface area contributed by atoms with E-state index in [-0.39, 0.29) is 11.9 Å². The maximum absolute atomic E-state index is 10.9. The van der Waals surface area contributed by atoms with Gasteiger partial charge in [0, 0.05) is 26.1 Å². The van der Waals surface area contributed by atoms with Crippen LogP contribution in [0.1, 0.15) is 18.4 Å². The summed E-state index contributed by atoms with van der Waals surface area (Å²) in [6.45, 7) is 4.16. The number of carbonyl (C=O) groups excluding carboxylic acids is 1. The van der Waals surface area contributed by atoms with E-state index in [9.17, 15) is 4.79 Å². The molecule has 1 aromatic rings. The summed E-state index contributed by atoms with van der Waals surface area (Å²) in [5.41, 5.74) is 0. The van der Waals surface area contributed by atoms with Crippen LogP contribution in [-0.2, 0) is 11.3 Å². The Morgan fingerprint density at radius 2 is 2.50 bits per heavy atom. The lowest BCUT2D eigenvalue weighted by molar-refractivity contribution is -0.119. The molecule has 1 saturated heterocycles. The standard InChI is InChI=1S/C9H13ClN4OS/c1-6(15)11-7-2-3-14(4-7)5-8-12-13-9(10)16-8/h7H,2-5H2,1H3,(H,11,15). The van der Waals surface area contributed by atoms with Crippen molar-refractivity contribution in [2.75, 3.05) is 13.1 Å². The molecule has 1 aromatic heterocycles. The molecule has 0 aromatic carbocycles. The van der Waals surface area contributed by atoms with Gasteiger partial charge in [0.05, 0.1) is 6.54 Å². The van der Waals surface area contributed by atoms with E-state index in [2.05, 4.69) is 20.4 Å². The number of hydrogen-bond acceptors (Lipinski definition) is 5. The number of nitrogens with one attached hydrogen (secondary N) is 1. The molecule has 1 unspecified atom stereocenters. The molecule has 1 atom stereocenters. The van der Waals surface area contributed by atoms with Crippen molar-refractivity contribution in [1.29, 1.82) is 0 Å². The first-order chi connectivity index (χ1) is 7.63. The van der Waals surface area contributed by atoms with Crippen LogP contribution in [0.15, 0.2) is 0 Å². The molecule has 7 heteroatoms. The molecule has 0 spiro atoms. The summed E-state index contributed by atoms with van der Waals surface area (Å²) in [5.74, 6) is 0.0332. The van der Waals surface area contributed by atoms with Crippen LogP contribution >= 0.6 is 22.9 Å². The van der Waals surface area contributed by atoms with E-state index in [1.54, 1.807) is 6.92 Å². The molecule has 1 amide bonds. The smallest absolute Gasteiger partial charge is 0.217 e. The summed E-state index contributed by atoms with van der Waals surface area (Å²) in [5, 5.41) is 11.6. The Labute approximate surface area is 103 Å². The predicted molar refractivity (Wildman–Crippen MR) is 62.4 cm³/mol. The Bertz CT molecular complexity index is 383. The minimum absolute atomic E-state index is 0.0332. The Morgan fingerprint density at radius 1 is 1.69 bits per heavy atom. The fraction of sp³-hybridized carbons (Fsp3) is 0.667. The van der Waals surface area contributed by atoms with Crippen molar-refractivity contribution >= 4 is 28.8 Å². The van der Waals surface area contributed by atoms with Gasteiger partial charge < -0.3 is 5.32 Å². The fourth-order valence-electron chi connectivity index (χ4n) is 1.87. The number of rotatable bonds is 3. The molecule has 0 saturated carbocycles. The van der Waals surface area contributed by atoms with Gasteiger partial charge in [0.25, 0.3) is 0 Å². The van der Waals surface area contributed by atoms with E-state index in [1.165, 1.54) is 11.3 Å². The molecule has 5 nitrogen and oxygen atoms in total. The minimum Gasteiger partial charge on any atom is -0.352 e. The van der Waals surface area contributed by atoms with Crippen molar-refractivity contribution in [3.05, 3.63) is 9.47 Å². The Balaban J connectivity index is 1.82. The average Bonchev–Trinajstić information content (AvgIpc) is 2.76. The van der Waals surface area contributed by atoms with Gasteiger partial charge in [-0.2, -0.15) is 0 Å². The predicted octanol–water partition coefficient (Wildman–Crippen LogP) is 0.902. The summed E-state index contributed by atoms with van der Waals surface area (Å²) >= 11 is 7.12. The molecule has 0 bridgehead atoms. The van der Waals surface area contributed by atoms with Crippen LogP contribution in [-0.4, -0.2) is 40.1 Å². The zero-order chi connectivity index (χ0) is 11.5. The van der Waals surface area contributed by atoms with E-state index in [4.69, 9.17) is 11.6 Å². The molecule has 1 aliphatic heterocycles. The lowest BCUT2D eigenvalue weighted by Gasteiger charge is -2.14. The van der Waals surface area contributed by atoms with Gasteiger partial charge in [0.15, 0.2) is 0 Å². The first-order valence-electron chi connectivity index (χ1n) is 5.11. The summed E-state index contributed by atoms with van der Waals surface area (Å²) in [7, 11) is 0. The third kappa shape index (κ3) is 3.13. The second kappa shape index (κ2) is 5.07. The van der Waals surface area contributed by atoms with Gasteiger partial charge in [0.1, 0.15) is 5.01 Å². The monoisotopic (exact) mass is 260 g/mol. The quantitative estimate of drug-likeness (QED) is 0.877. The van der Waals surface area contributed by atoms with Crippen molar-refractivity contribution in [3.8, 4) is 0 Å². The molecule has 16 heavy (non-hydrogen) atoms. The molecule has 1 fully saturated rings. The third-order valence-electron chi connectivity index (χ3n) is 2.48. The Kier molecular flexibility index (Phi) is 3.73. The fourth-order valence-corrected chi connectivity index (χ4v) is 2.78. The lowest BCUT2D eigenvalue weighted by Crippen LogP contribution is -2.35. The molecule has 88 valence electrons. The highest BCUT2D eigenvalue weighted by molar-refractivity contribution is 7.15. The van der Waals surface area contributed by atoms with E-state index >= 15 is 0 Å². The van der Waals surface area contributed by atoms with Crippen LogP contribution in [0.5, 0.6) is 0 Å². The Morgan fingerprint density at radius 3 is 3.12 bits per heavy atom. The lowest BCUT2D eigenvalue weighted by atomic mass is 10.3. The number of aromatic nitrogens is 2. The summed E-state index contributed by atoms with van der Waals surface area (Å²) in [6.07, 6.45) is 0.992. The molecule has 2 rings (SSSR count). The molecule has 0 radical (unpaired) electrons. The highest BCUT2D eigenvalue weighted by Gasteiger charge is 2.23. The minimum atomic E-state index is 0.0332. The number of nitrogens with zero attached hydrogens (tertiary/aromatic N) is 3. The molecule has 1 N–H and O–H groups in total. The van der Waals surface area contributed by atoms with Gasteiger partial charge in [-0.15, -0.1) is 10.2 Å². The van der Waals surface area contributed by atoms with Crippen LogP contribution in [0, 0.1) is 0 Å². The molecule has 2 heterocycles. The van der Waals surface area contributed by atoms with Crippen molar-refractivity contribution < 1.29 is 4.79 Å². The van der Waals surface area contributed by atoms with Gasteiger partial charge in [-0.3, -0.25) is 9.69 Å². The van der Waals surface area contributed by atoms with Crippen LogP contribution in [0.4, 0.5) is 0 Å². The number of hydrogen-bond donors (Lipinski definition) is 1. The van der Waals surface area contributed by atoms with Gasteiger partial charge in [-0.05, 0) is 18.0 Å². The van der Waals surface area contributed by atoms with Crippen LogP contribution < -0.4 is 5.32 Å². The van der Waals surface area contributed by atoms with Crippen molar-refractivity contribution in [3.63, 3.8) is 0 Å². The first kappa shape index (κ1) is 11.8. The molecular weight excluding hydrogens is 248 g/mol. The van der Waals surface area contributed by atoms with Gasteiger partial charge in [-0.25, -0.2) is 0 Å². The van der Waals surface area contributed by atoms with Crippen LogP contribution in [0.25, 0.3) is 0 Å². The number of halogens is 1. The van der Waals surface area contributed by atoms with E-state index < -0.39 is 0 Å². The zero-order valence-corrected chi connectivity index (χ0v) is 10.5. The second-order valence-electron chi connectivity index (χ2n) is 3.87. The highest BCUT2D eigenvalue weighted by Crippen LogP contribution is 2.19. The highest BCUT2D eigenvalue weighted by atomic mass is 35.5. The maximum atomic E-state index is 10.9. The van der Waals surface area contributed by atoms with E-state index in [0.29, 0.717) is 4.47 Å². The number of carbonyl (C=O) groups is 1. The molecular formula is C9H13ClN4OS. The van der Waals surface area contributed by atoms with Gasteiger partial charge in [-0.1, -0.05) is 11.3 Å². The zero-order valence-electron chi connectivity index (χ0n) is 8.94. The SMILES string of the molecule is CC(=O)NC1CCN(Cc2nnc(Cl)s2)C1. The average molecular weight is 261 g/mol. The topological polar surface area (TPSA) is 58.1 Å². The third-order valence-corrected chi connectivity index (χ3v) is 3.48. The summed E-state index contributed by atoms with van der Waals surface area (Å²) in [6, 6.07) is 0.265. The van der Waals surface area contributed by atoms with Crippen molar-refractivity contribution in [1.82, 2.24) is 20.4 Å². The summed E-state index contributed by atoms with van der Waals surface area (Å²) in [4.78, 5) is 13.1. The van der Waals surface area contributed by atoms with Crippen molar-refractivity contribution in [2.45, 2.75) is 25.9 Å². The first-order valence-corrected chi connectivity index (χ1v) is 6.30. The maximum Gasteiger partial charge on any atom is 0.217 e. The molecule has 0 aliphatic carbocycles. The van der Waals surface area contributed by atoms with E-state index in [0.717, 1.165) is 31.1 Å². The van der Waals surface area contributed by atoms with Crippen LogP contribution in [0.3, 0.4) is 0 Å². The Hall–Kier alpha value is -0.720. The second-order valence-corrected chi connectivity index (χ2v) is 5.51. The van der Waals surface area contributed by atoms with Crippen molar-refractivity contribution in [2.24, 2.45) is 0 Å². The van der Waals surface area contributed by atoms with Gasteiger partial charge >= 0.3 is 0 Å². The number of likely N-dealkylation sites (tertiary alicyclic amines) is 1. The normalized spacial score (nSPS) is 21.2. The van der Waals surface area contributed by atoms with E-state index in [1.807, 2.05) is 0 Å². The summed E-state index contributed by atoms with van der Waals surface area (Å²) < 4.78 is 0.479. The molecule has 1 aliphatic rings. The largest absolute Gasteiger partial charge is 0.352 e. The number of amides is 1.